The Morgan fingerprint density at radius 3 is 1.21 bits per heavy atom. The number of hydrogen-bond donors (Lipinski definition) is 7. The van der Waals surface area contributed by atoms with Gasteiger partial charge in [0, 0.05) is 7.11 Å². The number of hydrogen-bond acceptors (Lipinski definition) is 13. The monoisotopic (exact) mass is 539 g/mol. The molecule has 3 unspecified atom stereocenters. The molecule has 0 bridgehead atoms. The molecular weight excluding hydrogens is 511 g/mol. The minimum absolute atomic E-state index is 0.189. The first kappa shape index (κ1) is 30.4. The first-order valence-electron chi connectivity index (χ1n) is 7.86. The molecule has 0 aliphatic rings. The van der Waals surface area contributed by atoms with Gasteiger partial charge in [-0.25, -0.2) is 0 Å². The molecule has 0 aliphatic heterocycles. The maximum absolute atomic E-state index is 9.96. The van der Waals surface area contributed by atoms with Crippen molar-refractivity contribution in [3.05, 3.63) is 0 Å². The van der Waals surface area contributed by atoms with Gasteiger partial charge in [-0.05, 0) is 35.4 Å². The van der Waals surface area contributed by atoms with Gasteiger partial charge >= 0.3 is 20.2 Å². The Bertz CT molecular complexity index is 621. The second-order valence-corrected chi connectivity index (χ2v) is 14.2. The summed E-state index contributed by atoms with van der Waals surface area (Å²) in [6.07, 6.45) is 0. The van der Waals surface area contributed by atoms with Gasteiger partial charge < -0.3 is 64.1 Å². The average Bonchev–Trinajstić information content (AvgIpc) is 2.66. The molecule has 29 heavy (non-hydrogen) atoms. The van der Waals surface area contributed by atoms with E-state index in [4.69, 9.17) is 68.5 Å². The fourth-order valence-electron chi connectivity index (χ4n) is 1.23. The molecule has 0 saturated heterocycles. The van der Waals surface area contributed by atoms with Crippen LogP contribution in [-0.4, -0.2) is 84.7 Å². The largest absolute Gasteiger partial charge is 0.395 e. The topological polar surface area (TPSA) is 214 Å². The van der Waals surface area contributed by atoms with E-state index in [1.54, 1.807) is 0 Å². The number of rotatable bonds is 17. The zero-order valence-electron chi connectivity index (χ0n) is 15.5. The minimum atomic E-state index is -3.67. The second kappa shape index (κ2) is 14.6. The van der Waals surface area contributed by atoms with Crippen molar-refractivity contribution in [1.29, 1.82) is 0 Å². The van der Waals surface area contributed by atoms with Gasteiger partial charge in [0.05, 0.1) is 57.8 Å². The maximum Gasteiger partial charge on any atom is 0.324 e. The first-order valence-corrected chi connectivity index (χ1v) is 15.6. The molecule has 0 amide bonds. The third-order valence-electron chi connectivity index (χ3n) is 2.72. The molecule has 0 aromatic rings. The molecular formula is C10H28N3O10P3S3. The lowest BCUT2D eigenvalue weighted by atomic mass is 10.4. The van der Waals surface area contributed by atoms with E-state index in [0.717, 1.165) is 0 Å². The van der Waals surface area contributed by atoms with Crippen LogP contribution in [0.5, 0.6) is 0 Å². The van der Waals surface area contributed by atoms with Gasteiger partial charge in [-0.1, -0.05) is 0 Å². The quantitative estimate of drug-likeness (QED) is 0.103. The highest BCUT2D eigenvalue weighted by Gasteiger charge is 2.23. The predicted octanol–water partition coefficient (Wildman–Crippen LogP) is -1.66. The maximum atomic E-state index is 9.96. The summed E-state index contributed by atoms with van der Waals surface area (Å²) in [5, 5.41) is 8.79. The molecule has 0 aromatic heterocycles. The van der Waals surface area contributed by atoms with E-state index in [-0.39, 0.29) is 39.6 Å². The van der Waals surface area contributed by atoms with Gasteiger partial charge in [0.2, 0.25) is 0 Å². The van der Waals surface area contributed by atoms with Crippen LogP contribution in [0.2, 0.25) is 0 Å². The number of nitrogens with two attached hydrogens (primary N) is 3. The van der Waals surface area contributed by atoms with E-state index in [2.05, 4.69) is 16.3 Å². The predicted molar refractivity (Wildman–Crippen MR) is 117 cm³/mol. The smallest absolute Gasteiger partial charge is 0.324 e. The standard InChI is InChI=1S/C10H28N3O10P3S3/c1-18-24(15,27)19-4-9(12)5-22-26(17,29)23-7-10(13)6-21-25(16,28)20-3-8(11)2-14/h8-10,14H,2-7,11-13H2,1H3,(H,15,27)(H,16,28)(H,17,29)/t8-,9+,10-,24?,25?,26?/m1/s1. The second-order valence-electron chi connectivity index (χ2n) is 5.53. The molecule has 0 heterocycles. The lowest BCUT2D eigenvalue weighted by Crippen LogP contribution is -2.33. The summed E-state index contributed by atoms with van der Waals surface area (Å²) in [4.78, 5) is 29.2. The number of aliphatic hydroxyl groups is 1. The molecule has 10 N–H and O–H groups in total. The van der Waals surface area contributed by atoms with Gasteiger partial charge in [-0.3, -0.25) is 0 Å². The molecule has 0 fully saturated rings. The van der Waals surface area contributed by atoms with E-state index >= 15 is 0 Å². The highest BCUT2D eigenvalue weighted by molar-refractivity contribution is 8.07. The molecule has 0 aromatic carbocycles. The molecule has 6 atom stereocenters. The van der Waals surface area contributed by atoms with Crippen molar-refractivity contribution in [2.45, 2.75) is 18.1 Å². The summed E-state index contributed by atoms with van der Waals surface area (Å²) in [6.45, 7) is -12.1. The fraction of sp³-hybridized carbons (Fsp3) is 1.00. The fourth-order valence-corrected chi connectivity index (χ4v) is 4.29. The van der Waals surface area contributed by atoms with Crippen LogP contribution < -0.4 is 17.2 Å². The Balaban J connectivity index is 4.20. The van der Waals surface area contributed by atoms with E-state index in [9.17, 15) is 14.7 Å². The number of aliphatic hydroxyl groups excluding tert-OH is 1. The molecule has 13 nitrogen and oxygen atoms in total. The normalized spacial score (nSPS) is 21.5. The van der Waals surface area contributed by atoms with Crippen molar-refractivity contribution in [2.75, 3.05) is 46.8 Å². The van der Waals surface area contributed by atoms with Crippen molar-refractivity contribution < 1.29 is 46.9 Å². The molecule has 19 heteroatoms. The van der Waals surface area contributed by atoms with Crippen LogP contribution in [0.4, 0.5) is 0 Å². The van der Waals surface area contributed by atoms with Crippen molar-refractivity contribution in [3.63, 3.8) is 0 Å². The third kappa shape index (κ3) is 16.7. The summed E-state index contributed by atoms with van der Waals surface area (Å²) in [7, 11) is 1.20. The molecule has 0 saturated carbocycles. The highest BCUT2D eigenvalue weighted by atomic mass is 32.5. The van der Waals surface area contributed by atoms with Crippen molar-refractivity contribution in [1.82, 2.24) is 0 Å². The summed E-state index contributed by atoms with van der Waals surface area (Å²) >= 11 is 14.2. The third-order valence-corrected chi connectivity index (χ3v) is 7.59. The molecule has 0 rings (SSSR count). The molecule has 0 spiro atoms. The Labute approximate surface area is 184 Å². The van der Waals surface area contributed by atoms with Crippen LogP contribution in [-0.2, 0) is 62.6 Å². The Hall–Kier alpha value is 1.43. The van der Waals surface area contributed by atoms with E-state index < -0.39 is 38.3 Å². The zero-order chi connectivity index (χ0) is 22.7. The van der Waals surface area contributed by atoms with Crippen LogP contribution in [0.1, 0.15) is 0 Å². The summed E-state index contributed by atoms with van der Waals surface area (Å²) in [5.41, 5.74) is 16.9. The lowest BCUT2D eigenvalue weighted by molar-refractivity contribution is 0.135. The molecule has 176 valence electrons. The van der Waals surface area contributed by atoms with Crippen LogP contribution in [0, 0.1) is 0 Å². The van der Waals surface area contributed by atoms with Gasteiger partial charge in [0.15, 0.2) is 0 Å². The molecule has 0 aliphatic carbocycles. The van der Waals surface area contributed by atoms with Crippen LogP contribution >= 0.6 is 20.2 Å². The summed E-state index contributed by atoms with van der Waals surface area (Å²) < 4.78 is 29.6. The van der Waals surface area contributed by atoms with E-state index in [1.807, 2.05) is 0 Å². The SMILES string of the molecule is COP(O)(=S)OC[C@H](N)COP(O)(=S)OC[C@H](N)COP(O)(=S)OC[C@H](N)CO. The van der Waals surface area contributed by atoms with Gasteiger partial charge in [-0.2, -0.15) is 0 Å². The van der Waals surface area contributed by atoms with E-state index in [0.29, 0.717) is 0 Å². The zero-order valence-corrected chi connectivity index (χ0v) is 20.6. The van der Waals surface area contributed by atoms with Crippen molar-refractivity contribution in [3.8, 4) is 0 Å². The van der Waals surface area contributed by atoms with Gasteiger partial charge in [-0.15, -0.1) is 0 Å². The van der Waals surface area contributed by atoms with Gasteiger partial charge in [0.25, 0.3) is 0 Å². The van der Waals surface area contributed by atoms with Crippen LogP contribution in [0.3, 0.4) is 0 Å². The average molecular weight is 539 g/mol. The van der Waals surface area contributed by atoms with Crippen molar-refractivity contribution >= 4 is 55.6 Å². The van der Waals surface area contributed by atoms with Gasteiger partial charge in [0.1, 0.15) is 0 Å². The Kier molecular flexibility index (Phi) is 15.3. The van der Waals surface area contributed by atoms with Crippen molar-refractivity contribution in [2.24, 2.45) is 17.2 Å². The Morgan fingerprint density at radius 1 is 0.655 bits per heavy atom. The highest BCUT2D eigenvalue weighted by Crippen LogP contribution is 2.46. The first-order chi connectivity index (χ1) is 13.2. The van der Waals surface area contributed by atoms with E-state index in [1.165, 1.54) is 7.11 Å². The lowest BCUT2D eigenvalue weighted by Gasteiger charge is -2.22. The Morgan fingerprint density at radius 2 is 0.931 bits per heavy atom. The van der Waals surface area contributed by atoms with Crippen LogP contribution in [0.25, 0.3) is 0 Å². The summed E-state index contributed by atoms with van der Waals surface area (Å²) in [6, 6.07) is -2.30. The minimum Gasteiger partial charge on any atom is -0.395 e. The molecule has 0 radical (unpaired) electrons. The summed E-state index contributed by atoms with van der Waals surface area (Å²) in [5.74, 6) is 0. The van der Waals surface area contributed by atoms with Crippen LogP contribution in [0.15, 0.2) is 0 Å².